The van der Waals surface area contributed by atoms with E-state index in [0.29, 0.717) is 28.5 Å². The predicted molar refractivity (Wildman–Crippen MR) is 100 cm³/mol. The highest BCUT2D eigenvalue weighted by Gasteiger charge is 2.24. The van der Waals surface area contributed by atoms with Gasteiger partial charge in [-0.15, -0.1) is 11.3 Å². The van der Waals surface area contributed by atoms with Gasteiger partial charge in [0.05, 0.1) is 21.8 Å². The Morgan fingerprint density at radius 1 is 1.20 bits per heavy atom. The van der Waals surface area contributed by atoms with Gasteiger partial charge in [-0.2, -0.15) is 0 Å². The number of aliphatic imine (C=N–C) groups is 1. The van der Waals surface area contributed by atoms with Gasteiger partial charge in [-0.05, 0) is 19.3 Å². The monoisotopic (exact) mass is 397 g/mol. The van der Waals surface area contributed by atoms with Crippen molar-refractivity contribution in [3.63, 3.8) is 0 Å². The maximum Gasteiger partial charge on any atom is 0.255 e. The van der Waals surface area contributed by atoms with Crippen LogP contribution in [0.4, 0.5) is 0 Å². The van der Waals surface area contributed by atoms with Gasteiger partial charge < -0.3 is 4.98 Å². The summed E-state index contributed by atoms with van der Waals surface area (Å²) >= 11 is 13.4. The van der Waals surface area contributed by atoms with Crippen molar-refractivity contribution in [1.29, 1.82) is 0 Å². The average Bonchev–Trinajstić information content (AvgIpc) is 2.93. The van der Waals surface area contributed by atoms with Gasteiger partial charge in [0, 0.05) is 32.6 Å². The van der Waals surface area contributed by atoms with Crippen LogP contribution in [-0.2, 0) is 19.5 Å². The summed E-state index contributed by atoms with van der Waals surface area (Å²) in [6, 6.07) is 0. The molecule has 0 aliphatic carbocycles. The Hall–Kier alpha value is -1.28. The van der Waals surface area contributed by atoms with Crippen LogP contribution in [0.15, 0.2) is 9.79 Å². The topological polar surface area (TPSA) is 74.2 Å². The van der Waals surface area contributed by atoms with Crippen molar-refractivity contribution in [2.24, 2.45) is 4.99 Å². The highest BCUT2D eigenvalue weighted by atomic mass is 35.5. The second kappa shape index (κ2) is 7.15. The van der Waals surface area contributed by atoms with E-state index < -0.39 is 0 Å². The van der Waals surface area contributed by atoms with E-state index >= 15 is 0 Å². The third-order valence-corrected chi connectivity index (χ3v) is 6.11. The molecule has 2 aromatic rings. The van der Waals surface area contributed by atoms with Gasteiger partial charge in [-0.1, -0.05) is 23.2 Å². The molecule has 25 heavy (non-hydrogen) atoms. The minimum Gasteiger partial charge on any atom is -0.305 e. The summed E-state index contributed by atoms with van der Waals surface area (Å²) in [5.74, 6) is 0.647. The van der Waals surface area contributed by atoms with E-state index in [2.05, 4.69) is 19.9 Å². The number of H-pyrrole nitrogens is 1. The number of hydrogen-bond donors (Lipinski definition) is 1. The lowest BCUT2D eigenvalue weighted by molar-refractivity contribution is 0.243. The lowest BCUT2D eigenvalue weighted by atomic mass is 10.1. The van der Waals surface area contributed by atoms with Gasteiger partial charge in [0.2, 0.25) is 0 Å². The van der Waals surface area contributed by atoms with Gasteiger partial charge in [0.25, 0.3) is 5.56 Å². The molecule has 0 saturated heterocycles. The molecule has 0 unspecified atom stereocenters. The summed E-state index contributed by atoms with van der Waals surface area (Å²) in [6.07, 6.45) is 3.84. The highest BCUT2D eigenvalue weighted by Crippen LogP contribution is 2.29. The highest BCUT2D eigenvalue weighted by molar-refractivity contribution is 7.16. The minimum absolute atomic E-state index is 0.0635. The number of fused-ring (bicyclic) bond motifs is 1. The molecule has 1 N–H and O–H groups in total. The fraction of sp³-hybridized carbons (Fsp3) is 0.500. The molecule has 9 heteroatoms. The fourth-order valence-electron chi connectivity index (χ4n) is 3.25. The van der Waals surface area contributed by atoms with Crippen LogP contribution >= 0.6 is 34.5 Å². The Bertz CT molecular complexity index is 891. The zero-order valence-electron chi connectivity index (χ0n) is 13.5. The summed E-state index contributed by atoms with van der Waals surface area (Å²) in [7, 11) is 0. The molecule has 0 amide bonds. The molecule has 2 aliphatic rings. The maximum atomic E-state index is 12.6. The zero-order chi connectivity index (χ0) is 17.4. The molecular formula is C16H17Cl2N5OS. The van der Waals surface area contributed by atoms with Crippen LogP contribution in [0.25, 0.3) is 0 Å². The molecular weight excluding hydrogens is 381 g/mol. The van der Waals surface area contributed by atoms with Gasteiger partial charge in [0.15, 0.2) is 10.3 Å². The van der Waals surface area contributed by atoms with Crippen molar-refractivity contribution in [2.75, 3.05) is 13.1 Å². The van der Waals surface area contributed by atoms with Crippen molar-refractivity contribution >= 4 is 40.3 Å². The van der Waals surface area contributed by atoms with E-state index in [1.54, 1.807) is 0 Å². The molecule has 132 valence electrons. The molecule has 0 spiro atoms. The number of aromatic amines is 1. The lowest BCUT2D eigenvalue weighted by Crippen LogP contribution is -2.36. The van der Waals surface area contributed by atoms with Crippen LogP contribution < -0.4 is 5.56 Å². The number of nitrogens with zero attached hydrogens (tertiary/aromatic N) is 4. The van der Waals surface area contributed by atoms with Crippen LogP contribution in [0.5, 0.6) is 0 Å². The van der Waals surface area contributed by atoms with E-state index in [4.69, 9.17) is 28.2 Å². The van der Waals surface area contributed by atoms with E-state index in [1.165, 1.54) is 11.3 Å². The molecule has 0 bridgehead atoms. The van der Waals surface area contributed by atoms with E-state index in [1.807, 2.05) is 0 Å². The third-order valence-electron chi connectivity index (χ3n) is 4.54. The Balaban J connectivity index is 1.56. The molecule has 0 aromatic carbocycles. The Labute approximate surface area is 158 Å². The van der Waals surface area contributed by atoms with Gasteiger partial charge >= 0.3 is 0 Å². The second-order valence-electron chi connectivity index (χ2n) is 6.27. The fourth-order valence-corrected chi connectivity index (χ4v) is 4.68. The number of aromatic nitrogens is 3. The van der Waals surface area contributed by atoms with Crippen molar-refractivity contribution in [3.05, 3.63) is 41.9 Å². The first-order valence-corrected chi connectivity index (χ1v) is 9.86. The summed E-state index contributed by atoms with van der Waals surface area (Å²) in [5.41, 5.74) is 2.49. The van der Waals surface area contributed by atoms with Gasteiger partial charge in [-0.25, -0.2) is 9.97 Å². The number of nitrogens with one attached hydrogen (secondary N) is 1. The molecule has 6 nitrogen and oxygen atoms in total. The molecule has 4 rings (SSSR count). The standard InChI is InChI=1S/C16H17Cl2N5OS/c17-13-12(25-16(18)21-13)8-23-6-4-10-9(7-23)15(24)22-14(20-10)11-3-1-2-5-19-11/h1-8H2,(H,20,22,24). The Morgan fingerprint density at radius 3 is 2.80 bits per heavy atom. The minimum atomic E-state index is -0.0635. The van der Waals surface area contributed by atoms with Gasteiger partial charge in [0.1, 0.15) is 5.15 Å². The van der Waals surface area contributed by atoms with Crippen LogP contribution in [0, 0.1) is 0 Å². The molecule has 2 aromatic heterocycles. The van der Waals surface area contributed by atoms with Crippen LogP contribution in [-0.4, -0.2) is 38.7 Å². The summed E-state index contributed by atoms with van der Waals surface area (Å²) in [5, 5.41) is 0.443. The first-order chi connectivity index (χ1) is 12.1. The lowest BCUT2D eigenvalue weighted by Gasteiger charge is -2.27. The largest absolute Gasteiger partial charge is 0.305 e. The van der Waals surface area contributed by atoms with Gasteiger partial charge in [-0.3, -0.25) is 14.7 Å². The second-order valence-corrected chi connectivity index (χ2v) is 8.29. The van der Waals surface area contributed by atoms with Crippen LogP contribution in [0.2, 0.25) is 9.62 Å². The molecule has 0 fully saturated rings. The maximum absolute atomic E-state index is 12.6. The molecule has 0 saturated carbocycles. The molecule has 0 atom stereocenters. The van der Waals surface area contributed by atoms with Crippen molar-refractivity contribution < 1.29 is 0 Å². The zero-order valence-corrected chi connectivity index (χ0v) is 15.8. The van der Waals surface area contributed by atoms with E-state index in [-0.39, 0.29) is 5.56 Å². The summed E-state index contributed by atoms with van der Waals surface area (Å²) in [4.78, 5) is 31.8. The van der Waals surface area contributed by atoms with Crippen LogP contribution in [0.1, 0.15) is 41.2 Å². The summed E-state index contributed by atoms with van der Waals surface area (Å²) in [6.45, 7) is 2.83. The number of hydrogen-bond acceptors (Lipinski definition) is 6. The van der Waals surface area contributed by atoms with Crippen molar-refractivity contribution in [1.82, 2.24) is 19.9 Å². The SMILES string of the molecule is O=c1[nH]c(C2=NCCCC2)nc2c1CN(Cc1sc(Cl)nc1Cl)CC2. The first kappa shape index (κ1) is 17.1. The molecule has 4 heterocycles. The predicted octanol–water partition coefficient (Wildman–Crippen LogP) is 3.06. The molecule has 2 aliphatic heterocycles. The number of halogens is 2. The van der Waals surface area contributed by atoms with E-state index in [9.17, 15) is 4.79 Å². The number of thiazole rings is 1. The third kappa shape index (κ3) is 3.65. The smallest absolute Gasteiger partial charge is 0.255 e. The summed E-state index contributed by atoms with van der Waals surface area (Å²) < 4.78 is 0.440. The number of rotatable bonds is 3. The normalized spacial score (nSPS) is 18.1. The van der Waals surface area contributed by atoms with E-state index in [0.717, 1.165) is 60.6 Å². The molecule has 0 radical (unpaired) electrons. The van der Waals surface area contributed by atoms with Crippen molar-refractivity contribution in [3.8, 4) is 0 Å². The average molecular weight is 398 g/mol. The van der Waals surface area contributed by atoms with Crippen molar-refractivity contribution in [2.45, 2.75) is 38.8 Å². The first-order valence-electron chi connectivity index (χ1n) is 8.29. The Kier molecular flexibility index (Phi) is 4.90. The quantitative estimate of drug-likeness (QED) is 0.863. The van der Waals surface area contributed by atoms with Crippen LogP contribution in [0.3, 0.4) is 0 Å². The Morgan fingerprint density at radius 2 is 2.08 bits per heavy atom.